The molecular weight excluding hydrogens is 248 g/mol. The highest BCUT2D eigenvalue weighted by Crippen LogP contribution is 2.32. The van der Waals surface area contributed by atoms with E-state index >= 15 is 0 Å². The van der Waals surface area contributed by atoms with E-state index in [0.29, 0.717) is 0 Å². The van der Waals surface area contributed by atoms with Gasteiger partial charge in [0.15, 0.2) is 0 Å². The first-order valence-corrected chi connectivity index (χ1v) is 6.94. The molecule has 1 aliphatic heterocycles. The van der Waals surface area contributed by atoms with E-state index < -0.39 is 0 Å². The number of para-hydroxylation sites is 1. The fourth-order valence-corrected chi connectivity index (χ4v) is 2.61. The SMILES string of the molecule is Cc1ccc(NC(=O)C2CCNc3ccccc32)cc1. The second-order valence-corrected chi connectivity index (χ2v) is 5.21. The summed E-state index contributed by atoms with van der Waals surface area (Å²) in [5, 5.41) is 6.35. The van der Waals surface area contributed by atoms with E-state index in [-0.39, 0.29) is 11.8 Å². The van der Waals surface area contributed by atoms with Crippen LogP contribution in [-0.4, -0.2) is 12.5 Å². The number of hydrogen-bond acceptors (Lipinski definition) is 2. The fraction of sp³-hybridized carbons (Fsp3) is 0.235. The van der Waals surface area contributed by atoms with Gasteiger partial charge in [0.1, 0.15) is 0 Å². The van der Waals surface area contributed by atoms with Crippen molar-refractivity contribution < 1.29 is 4.79 Å². The third-order valence-corrected chi connectivity index (χ3v) is 3.72. The Morgan fingerprint density at radius 2 is 1.90 bits per heavy atom. The predicted molar refractivity (Wildman–Crippen MR) is 82.1 cm³/mol. The third-order valence-electron chi connectivity index (χ3n) is 3.72. The summed E-state index contributed by atoms with van der Waals surface area (Å²) in [4.78, 5) is 12.5. The molecule has 1 aliphatic rings. The van der Waals surface area contributed by atoms with Gasteiger partial charge in [-0.1, -0.05) is 35.9 Å². The van der Waals surface area contributed by atoms with Crippen LogP contribution in [0, 0.1) is 6.92 Å². The molecule has 20 heavy (non-hydrogen) atoms. The molecule has 102 valence electrons. The number of amides is 1. The van der Waals surface area contributed by atoms with Crippen LogP contribution in [0.2, 0.25) is 0 Å². The van der Waals surface area contributed by atoms with E-state index in [4.69, 9.17) is 0 Å². The van der Waals surface area contributed by atoms with Crippen LogP contribution in [0.5, 0.6) is 0 Å². The Bertz CT molecular complexity index is 619. The molecule has 0 aromatic heterocycles. The summed E-state index contributed by atoms with van der Waals surface area (Å²) in [6.07, 6.45) is 0.828. The Morgan fingerprint density at radius 1 is 1.15 bits per heavy atom. The highest BCUT2D eigenvalue weighted by atomic mass is 16.1. The lowest BCUT2D eigenvalue weighted by atomic mass is 9.90. The van der Waals surface area contributed by atoms with Crippen LogP contribution in [0.1, 0.15) is 23.5 Å². The number of rotatable bonds is 2. The molecular formula is C17H18N2O. The smallest absolute Gasteiger partial charge is 0.232 e. The number of benzene rings is 2. The molecule has 0 saturated carbocycles. The number of aryl methyl sites for hydroxylation is 1. The quantitative estimate of drug-likeness (QED) is 0.873. The fourth-order valence-electron chi connectivity index (χ4n) is 2.61. The maximum Gasteiger partial charge on any atom is 0.232 e. The highest BCUT2D eigenvalue weighted by Gasteiger charge is 2.25. The van der Waals surface area contributed by atoms with Crippen molar-refractivity contribution in [1.29, 1.82) is 0 Å². The lowest BCUT2D eigenvalue weighted by Gasteiger charge is -2.25. The lowest BCUT2D eigenvalue weighted by Crippen LogP contribution is -2.27. The maximum atomic E-state index is 12.5. The van der Waals surface area contributed by atoms with Crippen LogP contribution in [0.25, 0.3) is 0 Å². The van der Waals surface area contributed by atoms with Gasteiger partial charge in [-0.2, -0.15) is 0 Å². The molecule has 0 bridgehead atoms. The van der Waals surface area contributed by atoms with Gasteiger partial charge in [-0.25, -0.2) is 0 Å². The summed E-state index contributed by atoms with van der Waals surface area (Å²) >= 11 is 0. The summed E-state index contributed by atoms with van der Waals surface area (Å²) in [7, 11) is 0. The lowest BCUT2D eigenvalue weighted by molar-refractivity contribution is -0.117. The van der Waals surface area contributed by atoms with Crippen molar-refractivity contribution >= 4 is 17.3 Å². The van der Waals surface area contributed by atoms with E-state index in [2.05, 4.69) is 10.6 Å². The van der Waals surface area contributed by atoms with Crippen LogP contribution >= 0.6 is 0 Å². The van der Waals surface area contributed by atoms with E-state index in [1.807, 2.05) is 55.5 Å². The number of hydrogen-bond donors (Lipinski definition) is 2. The van der Waals surface area contributed by atoms with Crippen molar-refractivity contribution in [2.45, 2.75) is 19.3 Å². The molecule has 2 N–H and O–H groups in total. The minimum absolute atomic E-state index is 0.0720. The summed E-state index contributed by atoms with van der Waals surface area (Å²) in [6.45, 7) is 2.87. The summed E-state index contributed by atoms with van der Waals surface area (Å²) in [6, 6.07) is 15.9. The molecule has 0 spiro atoms. The molecule has 1 unspecified atom stereocenters. The predicted octanol–water partition coefficient (Wildman–Crippen LogP) is 3.53. The molecule has 1 atom stereocenters. The van der Waals surface area contributed by atoms with E-state index in [1.165, 1.54) is 5.56 Å². The molecule has 3 heteroatoms. The Balaban J connectivity index is 1.80. The van der Waals surface area contributed by atoms with Crippen LogP contribution in [-0.2, 0) is 4.79 Å². The van der Waals surface area contributed by atoms with Crippen LogP contribution in [0.3, 0.4) is 0 Å². The van der Waals surface area contributed by atoms with Gasteiger partial charge in [-0.15, -0.1) is 0 Å². The minimum atomic E-state index is -0.0752. The van der Waals surface area contributed by atoms with Gasteiger partial charge in [-0.05, 0) is 37.1 Å². The molecule has 3 rings (SSSR count). The Labute approximate surface area is 119 Å². The largest absolute Gasteiger partial charge is 0.385 e. The molecule has 0 aliphatic carbocycles. The van der Waals surface area contributed by atoms with Gasteiger partial charge in [0.25, 0.3) is 0 Å². The molecule has 0 saturated heterocycles. The summed E-state index contributed by atoms with van der Waals surface area (Å²) < 4.78 is 0. The number of nitrogens with one attached hydrogen (secondary N) is 2. The first-order chi connectivity index (χ1) is 9.74. The van der Waals surface area contributed by atoms with Crippen LogP contribution < -0.4 is 10.6 Å². The highest BCUT2D eigenvalue weighted by molar-refractivity contribution is 5.97. The number of carbonyl (C=O) groups excluding carboxylic acids is 1. The molecule has 3 nitrogen and oxygen atoms in total. The van der Waals surface area contributed by atoms with E-state index in [0.717, 1.165) is 29.9 Å². The zero-order valence-electron chi connectivity index (χ0n) is 11.5. The summed E-state index contributed by atoms with van der Waals surface area (Å²) in [5.74, 6) is -0.00319. The van der Waals surface area contributed by atoms with E-state index in [1.54, 1.807) is 0 Å². The topological polar surface area (TPSA) is 41.1 Å². The molecule has 1 heterocycles. The molecule has 2 aromatic carbocycles. The monoisotopic (exact) mass is 266 g/mol. The second-order valence-electron chi connectivity index (χ2n) is 5.21. The van der Waals surface area contributed by atoms with Crippen LogP contribution in [0.15, 0.2) is 48.5 Å². The van der Waals surface area contributed by atoms with Crippen molar-refractivity contribution in [3.05, 3.63) is 59.7 Å². The van der Waals surface area contributed by atoms with Gasteiger partial charge in [0, 0.05) is 17.9 Å². The zero-order valence-corrected chi connectivity index (χ0v) is 11.5. The van der Waals surface area contributed by atoms with Gasteiger partial charge in [-0.3, -0.25) is 4.79 Å². The standard InChI is InChI=1S/C17H18N2O/c1-12-6-8-13(9-7-12)19-17(20)15-10-11-18-16-5-3-2-4-14(15)16/h2-9,15,18H,10-11H2,1H3,(H,19,20). The average Bonchev–Trinajstić information content (AvgIpc) is 2.49. The van der Waals surface area contributed by atoms with Crippen molar-refractivity contribution in [1.82, 2.24) is 0 Å². The van der Waals surface area contributed by atoms with Gasteiger partial charge in [0.05, 0.1) is 5.92 Å². The van der Waals surface area contributed by atoms with Gasteiger partial charge >= 0.3 is 0 Å². The van der Waals surface area contributed by atoms with Crippen molar-refractivity contribution in [3.63, 3.8) is 0 Å². The summed E-state index contributed by atoms with van der Waals surface area (Å²) in [5.41, 5.74) is 4.21. The number of fused-ring (bicyclic) bond motifs is 1. The van der Waals surface area contributed by atoms with Crippen molar-refractivity contribution in [2.24, 2.45) is 0 Å². The molecule has 0 fully saturated rings. The van der Waals surface area contributed by atoms with E-state index in [9.17, 15) is 4.79 Å². The first-order valence-electron chi connectivity index (χ1n) is 6.94. The van der Waals surface area contributed by atoms with Crippen molar-refractivity contribution in [3.8, 4) is 0 Å². The number of anilines is 2. The Morgan fingerprint density at radius 3 is 2.70 bits per heavy atom. The second kappa shape index (κ2) is 5.37. The normalized spacial score (nSPS) is 16.9. The molecule has 2 aromatic rings. The Kier molecular flexibility index (Phi) is 3.42. The number of carbonyl (C=O) groups is 1. The zero-order chi connectivity index (χ0) is 13.9. The maximum absolute atomic E-state index is 12.5. The van der Waals surface area contributed by atoms with Crippen LogP contribution in [0.4, 0.5) is 11.4 Å². The van der Waals surface area contributed by atoms with Crippen molar-refractivity contribution in [2.75, 3.05) is 17.2 Å². The third kappa shape index (κ3) is 2.52. The first kappa shape index (κ1) is 12.7. The van der Waals surface area contributed by atoms with Gasteiger partial charge in [0.2, 0.25) is 5.91 Å². The minimum Gasteiger partial charge on any atom is -0.385 e. The molecule has 1 amide bonds. The Hall–Kier alpha value is -2.29. The average molecular weight is 266 g/mol. The van der Waals surface area contributed by atoms with Gasteiger partial charge < -0.3 is 10.6 Å². The molecule has 0 radical (unpaired) electrons.